The number of benzene rings is 2. The number of pyridine rings is 1. The van der Waals surface area contributed by atoms with Gasteiger partial charge in [0.2, 0.25) is 0 Å². The van der Waals surface area contributed by atoms with Crippen molar-refractivity contribution in [3.8, 4) is 0 Å². The largest absolute Gasteiger partial charge is 0.378 e. The van der Waals surface area contributed by atoms with Crippen LogP contribution in [0.1, 0.15) is 27.0 Å². The van der Waals surface area contributed by atoms with Gasteiger partial charge in [-0.25, -0.2) is 0 Å². The number of carbonyl (C=O) groups is 1. The number of hydrogen-bond acceptors (Lipinski definition) is 3. The molecule has 0 saturated carbocycles. The molecule has 1 aromatic heterocycles. The SMILES string of the molecule is Cc1ccccc1CN(Cc1cccnc1)C(=O)c1cccc(N(C)C)c1. The molecular weight excluding hydrogens is 334 g/mol. The highest BCUT2D eigenvalue weighted by atomic mass is 16.2. The fraction of sp³-hybridized carbons (Fsp3) is 0.217. The van der Waals surface area contributed by atoms with Crippen molar-refractivity contribution in [2.45, 2.75) is 20.0 Å². The molecule has 0 saturated heterocycles. The van der Waals surface area contributed by atoms with Crippen molar-refractivity contribution in [3.05, 3.63) is 95.3 Å². The van der Waals surface area contributed by atoms with Crippen LogP contribution in [-0.2, 0) is 13.1 Å². The lowest BCUT2D eigenvalue weighted by molar-refractivity contribution is 0.0729. The topological polar surface area (TPSA) is 36.4 Å². The van der Waals surface area contributed by atoms with Crippen molar-refractivity contribution in [2.24, 2.45) is 0 Å². The first kappa shape index (κ1) is 18.6. The maximum atomic E-state index is 13.3. The van der Waals surface area contributed by atoms with E-state index in [4.69, 9.17) is 0 Å². The number of aryl methyl sites for hydroxylation is 1. The third-order valence-electron chi connectivity index (χ3n) is 4.62. The first-order valence-electron chi connectivity index (χ1n) is 9.04. The van der Waals surface area contributed by atoms with Gasteiger partial charge >= 0.3 is 0 Å². The number of anilines is 1. The molecule has 3 rings (SSSR count). The Hall–Kier alpha value is -3.14. The van der Waals surface area contributed by atoms with Crippen molar-refractivity contribution >= 4 is 11.6 Å². The number of hydrogen-bond donors (Lipinski definition) is 0. The van der Waals surface area contributed by atoms with Gasteiger partial charge < -0.3 is 9.80 Å². The van der Waals surface area contributed by atoms with E-state index in [-0.39, 0.29) is 5.91 Å². The highest BCUT2D eigenvalue weighted by molar-refractivity contribution is 5.95. The van der Waals surface area contributed by atoms with Gasteiger partial charge in [0.25, 0.3) is 5.91 Å². The van der Waals surface area contributed by atoms with Gasteiger partial charge in [-0.05, 0) is 47.9 Å². The lowest BCUT2D eigenvalue weighted by Crippen LogP contribution is -2.30. The Balaban J connectivity index is 1.92. The van der Waals surface area contributed by atoms with E-state index < -0.39 is 0 Å². The van der Waals surface area contributed by atoms with Crippen LogP contribution < -0.4 is 4.90 Å². The summed E-state index contributed by atoms with van der Waals surface area (Å²) in [6, 6.07) is 19.8. The maximum absolute atomic E-state index is 13.3. The molecule has 2 aromatic carbocycles. The quantitative estimate of drug-likeness (QED) is 0.658. The molecule has 0 bridgehead atoms. The lowest BCUT2D eigenvalue weighted by atomic mass is 10.1. The molecule has 3 aromatic rings. The Bertz CT molecular complexity index is 906. The van der Waals surface area contributed by atoms with Crippen LogP contribution in [0, 0.1) is 6.92 Å². The zero-order chi connectivity index (χ0) is 19.2. The average molecular weight is 359 g/mol. The molecule has 0 spiro atoms. The summed E-state index contributed by atoms with van der Waals surface area (Å²) in [6.45, 7) is 3.16. The predicted molar refractivity (Wildman–Crippen MR) is 110 cm³/mol. The summed E-state index contributed by atoms with van der Waals surface area (Å²) in [5.74, 6) is 0.0193. The van der Waals surface area contributed by atoms with Gasteiger partial charge in [-0.1, -0.05) is 36.4 Å². The summed E-state index contributed by atoms with van der Waals surface area (Å²) in [6.07, 6.45) is 3.56. The van der Waals surface area contributed by atoms with Crippen molar-refractivity contribution in [1.29, 1.82) is 0 Å². The number of nitrogens with zero attached hydrogens (tertiary/aromatic N) is 3. The lowest BCUT2D eigenvalue weighted by Gasteiger charge is -2.24. The van der Waals surface area contributed by atoms with E-state index in [1.165, 1.54) is 5.56 Å². The smallest absolute Gasteiger partial charge is 0.254 e. The summed E-state index contributed by atoms with van der Waals surface area (Å²) in [5, 5.41) is 0. The minimum absolute atomic E-state index is 0.0193. The Morgan fingerprint density at radius 2 is 1.78 bits per heavy atom. The molecule has 0 fully saturated rings. The van der Waals surface area contributed by atoms with Gasteiger partial charge in [-0.3, -0.25) is 9.78 Å². The van der Waals surface area contributed by atoms with Gasteiger partial charge in [-0.2, -0.15) is 0 Å². The first-order chi connectivity index (χ1) is 13.0. The van der Waals surface area contributed by atoms with E-state index >= 15 is 0 Å². The number of rotatable bonds is 6. The van der Waals surface area contributed by atoms with Gasteiger partial charge in [0.1, 0.15) is 0 Å². The highest BCUT2D eigenvalue weighted by Crippen LogP contribution is 2.19. The monoisotopic (exact) mass is 359 g/mol. The number of aromatic nitrogens is 1. The Morgan fingerprint density at radius 1 is 0.963 bits per heavy atom. The van der Waals surface area contributed by atoms with E-state index in [9.17, 15) is 4.79 Å². The minimum Gasteiger partial charge on any atom is -0.378 e. The van der Waals surface area contributed by atoms with Crippen LogP contribution in [0.15, 0.2) is 73.1 Å². The maximum Gasteiger partial charge on any atom is 0.254 e. The van der Waals surface area contributed by atoms with Gasteiger partial charge in [0.15, 0.2) is 0 Å². The minimum atomic E-state index is 0.0193. The molecule has 4 nitrogen and oxygen atoms in total. The zero-order valence-electron chi connectivity index (χ0n) is 16.1. The average Bonchev–Trinajstić information content (AvgIpc) is 2.69. The summed E-state index contributed by atoms with van der Waals surface area (Å²) < 4.78 is 0. The van der Waals surface area contributed by atoms with Gasteiger partial charge in [-0.15, -0.1) is 0 Å². The molecular formula is C23H25N3O. The first-order valence-corrected chi connectivity index (χ1v) is 9.04. The summed E-state index contributed by atoms with van der Waals surface area (Å²) in [5.41, 5.74) is 5.06. The fourth-order valence-corrected chi connectivity index (χ4v) is 3.00. The molecule has 1 amide bonds. The second kappa shape index (κ2) is 8.49. The van der Waals surface area contributed by atoms with Crippen molar-refractivity contribution in [1.82, 2.24) is 9.88 Å². The van der Waals surface area contributed by atoms with Crippen LogP contribution in [0.4, 0.5) is 5.69 Å². The molecule has 0 atom stereocenters. The van der Waals surface area contributed by atoms with Crippen LogP contribution in [0.25, 0.3) is 0 Å². The van der Waals surface area contributed by atoms with Crippen molar-refractivity contribution in [2.75, 3.05) is 19.0 Å². The molecule has 0 N–H and O–H groups in total. The summed E-state index contributed by atoms with van der Waals surface area (Å²) >= 11 is 0. The molecule has 1 heterocycles. The highest BCUT2D eigenvalue weighted by Gasteiger charge is 2.18. The third kappa shape index (κ3) is 4.73. The fourth-order valence-electron chi connectivity index (χ4n) is 3.00. The van der Waals surface area contributed by atoms with E-state index in [1.54, 1.807) is 6.20 Å². The van der Waals surface area contributed by atoms with Crippen LogP contribution in [0.5, 0.6) is 0 Å². The summed E-state index contributed by atoms with van der Waals surface area (Å²) in [4.78, 5) is 21.4. The van der Waals surface area contributed by atoms with E-state index in [1.807, 2.05) is 78.6 Å². The molecule has 4 heteroatoms. The van der Waals surface area contributed by atoms with Crippen molar-refractivity contribution < 1.29 is 4.79 Å². The molecule has 0 radical (unpaired) electrons. The van der Waals surface area contributed by atoms with Gasteiger partial charge in [0.05, 0.1) is 0 Å². The third-order valence-corrected chi connectivity index (χ3v) is 4.62. The second-order valence-electron chi connectivity index (χ2n) is 6.89. The van der Waals surface area contributed by atoms with E-state index in [0.717, 1.165) is 16.8 Å². The predicted octanol–water partition coefficient (Wildman–Crippen LogP) is 4.30. The van der Waals surface area contributed by atoms with Crippen LogP contribution in [-0.4, -0.2) is 29.9 Å². The van der Waals surface area contributed by atoms with Gasteiger partial charge in [0, 0.05) is 50.8 Å². The van der Waals surface area contributed by atoms with Crippen LogP contribution >= 0.6 is 0 Å². The van der Waals surface area contributed by atoms with Crippen LogP contribution in [0.2, 0.25) is 0 Å². The molecule has 0 aliphatic carbocycles. The molecule has 0 aliphatic heterocycles. The number of carbonyl (C=O) groups excluding carboxylic acids is 1. The molecule has 138 valence electrons. The molecule has 27 heavy (non-hydrogen) atoms. The normalized spacial score (nSPS) is 10.5. The van der Waals surface area contributed by atoms with E-state index in [0.29, 0.717) is 18.7 Å². The standard InChI is InChI=1S/C23H25N3O/c1-18-8-4-5-10-21(18)17-26(16-19-9-7-13-24-15-19)23(27)20-11-6-12-22(14-20)25(2)3/h4-15H,16-17H2,1-3H3. The number of amides is 1. The molecule has 0 unspecified atom stereocenters. The second-order valence-corrected chi connectivity index (χ2v) is 6.89. The zero-order valence-corrected chi connectivity index (χ0v) is 16.1. The Labute approximate surface area is 161 Å². The van der Waals surface area contributed by atoms with E-state index in [2.05, 4.69) is 24.0 Å². The van der Waals surface area contributed by atoms with Crippen LogP contribution in [0.3, 0.4) is 0 Å². The molecule has 0 aliphatic rings. The Kier molecular flexibility index (Phi) is 5.87. The van der Waals surface area contributed by atoms with Crippen molar-refractivity contribution in [3.63, 3.8) is 0 Å². The Morgan fingerprint density at radius 3 is 2.48 bits per heavy atom. The summed E-state index contributed by atoms with van der Waals surface area (Å²) in [7, 11) is 3.95.